The van der Waals surface area contributed by atoms with E-state index >= 15 is 0 Å². The predicted molar refractivity (Wildman–Crippen MR) is 86.7 cm³/mol. The van der Waals surface area contributed by atoms with Crippen molar-refractivity contribution in [1.82, 2.24) is 14.8 Å². The van der Waals surface area contributed by atoms with E-state index in [0.717, 1.165) is 40.2 Å². The Kier molecular flexibility index (Phi) is 3.00. The van der Waals surface area contributed by atoms with E-state index in [1.54, 1.807) is 0 Å². The minimum atomic E-state index is 0.958. The molecule has 0 unspecified atom stereocenters. The first-order chi connectivity index (χ1) is 10.3. The number of halogens is 1. The summed E-state index contributed by atoms with van der Waals surface area (Å²) in [5.74, 6) is 1.10. The Hall–Kier alpha value is -2.14. The maximum Gasteiger partial charge on any atom is 0.133 e. The molecule has 1 N–H and O–H groups in total. The highest BCUT2D eigenvalue weighted by Gasteiger charge is 2.23. The summed E-state index contributed by atoms with van der Waals surface area (Å²) in [6, 6.07) is 12.2. The molecular weight excluding hydrogens is 328 g/mol. The maximum absolute atomic E-state index is 4.82. The number of hydrogen-bond donors (Lipinski definition) is 1. The molecule has 104 valence electrons. The third kappa shape index (κ3) is 2.14. The number of aromatic nitrogens is 3. The molecule has 21 heavy (non-hydrogen) atoms. The number of benzene rings is 1. The molecule has 0 fully saturated rings. The first kappa shape index (κ1) is 12.6. The van der Waals surface area contributed by atoms with Crippen LogP contribution in [-0.2, 0) is 6.42 Å². The number of nitrogens with one attached hydrogen (secondary N) is 1. The van der Waals surface area contributed by atoms with Crippen LogP contribution < -0.4 is 5.32 Å². The van der Waals surface area contributed by atoms with Crippen LogP contribution in [0.15, 0.2) is 53.3 Å². The zero-order chi connectivity index (χ0) is 14.2. The van der Waals surface area contributed by atoms with Gasteiger partial charge in [-0.3, -0.25) is 4.98 Å². The van der Waals surface area contributed by atoms with Crippen molar-refractivity contribution in [3.63, 3.8) is 0 Å². The van der Waals surface area contributed by atoms with Crippen molar-refractivity contribution < 1.29 is 0 Å². The quantitative estimate of drug-likeness (QED) is 0.774. The van der Waals surface area contributed by atoms with E-state index in [2.05, 4.69) is 38.4 Å². The van der Waals surface area contributed by atoms with Gasteiger partial charge in [-0.2, -0.15) is 5.10 Å². The minimum absolute atomic E-state index is 0.958. The highest BCUT2D eigenvalue weighted by Crippen LogP contribution is 2.34. The van der Waals surface area contributed by atoms with Crippen LogP contribution in [0.3, 0.4) is 0 Å². The van der Waals surface area contributed by atoms with Gasteiger partial charge in [0.2, 0.25) is 0 Å². The van der Waals surface area contributed by atoms with E-state index in [9.17, 15) is 0 Å². The summed E-state index contributed by atoms with van der Waals surface area (Å²) in [6.45, 7) is 0.958. The topological polar surface area (TPSA) is 42.7 Å². The molecular formula is C16H13BrN4. The normalized spacial score (nSPS) is 13.0. The summed E-state index contributed by atoms with van der Waals surface area (Å²) in [5.41, 5.74) is 4.48. The summed E-state index contributed by atoms with van der Waals surface area (Å²) in [5, 5.41) is 8.27. The zero-order valence-electron chi connectivity index (χ0n) is 11.3. The van der Waals surface area contributed by atoms with Gasteiger partial charge in [0.25, 0.3) is 0 Å². The average molecular weight is 341 g/mol. The molecule has 1 aliphatic heterocycles. The van der Waals surface area contributed by atoms with Crippen molar-refractivity contribution in [2.45, 2.75) is 6.42 Å². The lowest BCUT2D eigenvalue weighted by molar-refractivity contribution is 0.881. The molecule has 0 bridgehead atoms. The van der Waals surface area contributed by atoms with Crippen molar-refractivity contribution in [1.29, 1.82) is 0 Å². The fraction of sp³-hybridized carbons (Fsp3) is 0.125. The summed E-state index contributed by atoms with van der Waals surface area (Å²) in [4.78, 5) is 4.08. The summed E-state index contributed by atoms with van der Waals surface area (Å²) in [6.07, 6.45) is 4.62. The van der Waals surface area contributed by atoms with Crippen molar-refractivity contribution in [2.75, 3.05) is 11.9 Å². The largest absolute Gasteiger partial charge is 0.369 e. The Labute approximate surface area is 131 Å². The van der Waals surface area contributed by atoms with Gasteiger partial charge in [-0.05, 0) is 36.8 Å². The second-order valence-electron chi connectivity index (χ2n) is 4.98. The molecule has 0 saturated heterocycles. The molecule has 0 aliphatic carbocycles. The number of rotatable bonds is 2. The Morgan fingerprint density at radius 3 is 2.81 bits per heavy atom. The lowest BCUT2D eigenvalue weighted by Gasteiger charge is -2.06. The standard InChI is InChI=1S/C16H13BrN4/c17-12-2-1-3-13(10-12)21-16-14(6-9-19-16)15(20-21)11-4-7-18-8-5-11/h1-5,7-8,10,19H,6,9H2. The Morgan fingerprint density at radius 2 is 2.00 bits per heavy atom. The molecule has 0 saturated carbocycles. The second-order valence-corrected chi connectivity index (χ2v) is 5.90. The fourth-order valence-electron chi connectivity index (χ4n) is 2.71. The highest BCUT2D eigenvalue weighted by atomic mass is 79.9. The molecule has 3 heterocycles. The molecule has 0 radical (unpaired) electrons. The maximum atomic E-state index is 4.82. The molecule has 0 amide bonds. The van der Waals surface area contributed by atoms with Crippen LogP contribution >= 0.6 is 15.9 Å². The molecule has 2 aromatic heterocycles. The van der Waals surface area contributed by atoms with Crippen LogP contribution in [0.5, 0.6) is 0 Å². The predicted octanol–water partition coefficient (Wildman–Crippen LogP) is 3.66. The van der Waals surface area contributed by atoms with Gasteiger partial charge in [0, 0.05) is 34.5 Å². The lowest BCUT2D eigenvalue weighted by atomic mass is 10.1. The van der Waals surface area contributed by atoms with Crippen LogP contribution in [0.2, 0.25) is 0 Å². The van der Waals surface area contributed by atoms with E-state index in [4.69, 9.17) is 5.10 Å². The molecule has 0 atom stereocenters. The summed E-state index contributed by atoms with van der Waals surface area (Å²) >= 11 is 3.52. The minimum Gasteiger partial charge on any atom is -0.369 e. The highest BCUT2D eigenvalue weighted by molar-refractivity contribution is 9.10. The van der Waals surface area contributed by atoms with E-state index in [-0.39, 0.29) is 0 Å². The average Bonchev–Trinajstić information content (AvgIpc) is 3.10. The first-order valence-electron chi connectivity index (χ1n) is 6.85. The van der Waals surface area contributed by atoms with Gasteiger partial charge in [0.05, 0.1) is 11.4 Å². The van der Waals surface area contributed by atoms with Gasteiger partial charge in [-0.25, -0.2) is 4.68 Å². The molecule has 1 aromatic carbocycles. The molecule has 3 aromatic rings. The lowest BCUT2D eigenvalue weighted by Crippen LogP contribution is -2.04. The molecule has 0 spiro atoms. The van der Waals surface area contributed by atoms with E-state index in [1.165, 1.54) is 5.56 Å². The van der Waals surface area contributed by atoms with Crippen molar-refractivity contribution in [2.24, 2.45) is 0 Å². The molecule has 5 heteroatoms. The van der Waals surface area contributed by atoms with Gasteiger partial charge in [-0.1, -0.05) is 22.0 Å². The van der Waals surface area contributed by atoms with Crippen LogP contribution in [0.25, 0.3) is 16.9 Å². The van der Waals surface area contributed by atoms with Gasteiger partial charge in [0.15, 0.2) is 0 Å². The van der Waals surface area contributed by atoms with Gasteiger partial charge >= 0.3 is 0 Å². The Bertz CT molecular complexity index is 795. The molecule has 4 nitrogen and oxygen atoms in total. The Morgan fingerprint density at radius 1 is 1.14 bits per heavy atom. The Balaban J connectivity index is 1.91. The van der Waals surface area contributed by atoms with E-state index in [0.29, 0.717) is 0 Å². The van der Waals surface area contributed by atoms with Gasteiger partial charge in [-0.15, -0.1) is 0 Å². The second kappa shape index (κ2) is 5.00. The van der Waals surface area contributed by atoms with Crippen LogP contribution in [-0.4, -0.2) is 21.3 Å². The van der Waals surface area contributed by atoms with Crippen molar-refractivity contribution >= 4 is 21.7 Å². The zero-order valence-corrected chi connectivity index (χ0v) is 12.8. The summed E-state index contributed by atoms with van der Waals surface area (Å²) < 4.78 is 3.04. The van der Waals surface area contributed by atoms with Gasteiger partial charge in [0.1, 0.15) is 5.82 Å². The summed E-state index contributed by atoms with van der Waals surface area (Å²) in [7, 11) is 0. The van der Waals surface area contributed by atoms with Crippen molar-refractivity contribution in [3.8, 4) is 16.9 Å². The van der Waals surface area contributed by atoms with Crippen molar-refractivity contribution in [3.05, 3.63) is 58.8 Å². The number of fused-ring (bicyclic) bond motifs is 1. The van der Waals surface area contributed by atoms with E-state index < -0.39 is 0 Å². The van der Waals surface area contributed by atoms with Crippen LogP contribution in [0.1, 0.15) is 5.56 Å². The number of anilines is 1. The smallest absolute Gasteiger partial charge is 0.133 e. The monoisotopic (exact) mass is 340 g/mol. The van der Waals surface area contributed by atoms with Crippen LogP contribution in [0.4, 0.5) is 5.82 Å². The third-order valence-corrected chi connectivity index (χ3v) is 4.15. The third-order valence-electron chi connectivity index (χ3n) is 3.66. The van der Waals surface area contributed by atoms with Crippen LogP contribution in [0, 0.1) is 0 Å². The molecule has 1 aliphatic rings. The number of hydrogen-bond acceptors (Lipinski definition) is 3. The number of nitrogens with zero attached hydrogens (tertiary/aromatic N) is 3. The van der Waals surface area contributed by atoms with Gasteiger partial charge < -0.3 is 5.32 Å². The fourth-order valence-corrected chi connectivity index (χ4v) is 3.10. The molecule has 4 rings (SSSR count). The first-order valence-corrected chi connectivity index (χ1v) is 7.64. The number of pyridine rings is 1. The SMILES string of the molecule is Brc1cccc(-n2nc(-c3ccncc3)c3c2NCC3)c1. The van der Waals surface area contributed by atoms with E-state index in [1.807, 2.05) is 41.3 Å².